The van der Waals surface area contributed by atoms with Crippen molar-refractivity contribution in [2.75, 3.05) is 0 Å². The maximum atomic E-state index is 9.95. The molecule has 1 rings (SSSR count). The lowest BCUT2D eigenvalue weighted by Crippen LogP contribution is -2.26. The summed E-state index contributed by atoms with van der Waals surface area (Å²) in [7, 11) is 0. The van der Waals surface area contributed by atoms with Crippen LogP contribution in [0, 0.1) is 5.92 Å². The second-order valence-electron chi connectivity index (χ2n) is 4.62. The van der Waals surface area contributed by atoms with Crippen LogP contribution in [-0.2, 0) is 0 Å². The summed E-state index contributed by atoms with van der Waals surface area (Å²) in [6.45, 7) is 4.30. The van der Waals surface area contributed by atoms with Gasteiger partial charge >= 0.3 is 0 Å². The van der Waals surface area contributed by atoms with Gasteiger partial charge in [0.15, 0.2) is 0 Å². The van der Waals surface area contributed by atoms with Crippen LogP contribution in [0.1, 0.15) is 38.3 Å². The molecular weight excluding hydrogens is 302 g/mol. The molecule has 0 aliphatic heterocycles. The third kappa shape index (κ3) is 5.87. The van der Waals surface area contributed by atoms with Crippen molar-refractivity contribution in [3.63, 3.8) is 0 Å². The van der Waals surface area contributed by atoms with Gasteiger partial charge in [0.05, 0.1) is 12.1 Å². The van der Waals surface area contributed by atoms with E-state index < -0.39 is 6.10 Å². The molecule has 1 aromatic rings. The van der Waals surface area contributed by atoms with Gasteiger partial charge < -0.3 is 10.8 Å². The SMILES string of the molecule is CC(C)CC[C@@H](O)[C@@H](N)c1ccc(Br)cc1.Cl. The highest BCUT2D eigenvalue weighted by molar-refractivity contribution is 9.10. The van der Waals surface area contributed by atoms with E-state index >= 15 is 0 Å². The summed E-state index contributed by atoms with van der Waals surface area (Å²) in [5.74, 6) is 0.603. The van der Waals surface area contributed by atoms with E-state index in [9.17, 15) is 5.11 Å². The summed E-state index contributed by atoms with van der Waals surface area (Å²) in [4.78, 5) is 0. The summed E-state index contributed by atoms with van der Waals surface area (Å²) in [5, 5.41) is 9.95. The fraction of sp³-hybridized carbons (Fsp3) is 0.538. The molecule has 98 valence electrons. The zero-order valence-electron chi connectivity index (χ0n) is 10.3. The van der Waals surface area contributed by atoms with Gasteiger partial charge in [0.1, 0.15) is 0 Å². The molecule has 0 spiro atoms. The van der Waals surface area contributed by atoms with E-state index in [2.05, 4.69) is 29.8 Å². The molecule has 0 amide bonds. The van der Waals surface area contributed by atoms with Gasteiger partial charge in [0.25, 0.3) is 0 Å². The van der Waals surface area contributed by atoms with Gasteiger partial charge in [-0.2, -0.15) is 0 Å². The fourth-order valence-corrected chi connectivity index (χ4v) is 1.86. The standard InChI is InChI=1S/C13H20BrNO.ClH/c1-9(2)3-8-12(16)13(15)10-4-6-11(14)7-5-10;/h4-7,9,12-13,16H,3,8,15H2,1-2H3;1H/t12-,13+;/m1./s1. The lowest BCUT2D eigenvalue weighted by Gasteiger charge is -2.20. The number of benzene rings is 1. The van der Waals surface area contributed by atoms with Gasteiger partial charge in [-0.05, 0) is 36.5 Å². The van der Waals surface area contributed by atoms with Crippen LogP contribution in [0.3, 0.4) is 0 Å². The second-order valence-corrected chi connectivity index (χ2v) is 5.53. The van der Waals surface area contributed by atoms with Crippen LogP contribution < -0.4 is 5.73 Å². The molecule has 0 aliphatic carbocycles. The molecule has 0 saturated heterocycles. The molecule has 17 heavy (non-hydrogen) atoms. The molecule has 0 fully saturated rings. The maximum absolute atomic E-state index is 9.95. The Morgan fingerprint density at radius 3 is 2.18 bits per heavy atom. The van der Waals surface area contributed by atoms with Crippen molar-refractivity contribution in [3.8, 4) is 0 Å². The van der Waals surface area contributed by atoms with Crippen LogP contribution in [0.15, 0.2) is 28.7 Å². The van der Waals surface area contributed by atoms with E-state index in [4.69, 9.17) is 5.73 Å². The topological polar surface area (TPSA) is 46.2 Å². The Labute approximate surface area is 118 Å². The average Bonchev–Trinajstić information content (AvgIpc) is 2.26. The Hall–Kier alpha value is -0.0900. The zero-order valence-corrected chi connectivity index (χ0v) is 12.7. The summed E-state index contributed by atoms with van der Waals surface area (Å²) in [6, 6.07) is 7.52. The first-order valence-corrected chi connectivity index (χ1v) is 6.49. The van der Waals surface area contributed by atoms with Gasteiger partial charge in [0, 0.05) is 4.47 Å². The molecule has 2 nitrogen and oxygen atoms in total. The van der Waals surface area contributed by atoms with Crippen LogP contribution in [0.5, 0.6) is 0 Å². The molecule has 0 aliphatic rings. The summed E-state index contributed by atoms with van der Waals surface area (Å²) >= 11 is 3.38. The third-order valence-corrected chi connectivity index (χ3v) is 3.24. The molecule has 3 N–H and O–H groups in total. The Morgan fingerprint density at radius 1 is 1.18 bits per heavy atom. The van der Waals surface area contributed by atoms with Crippen molar-refractivity contribution in [1.82, 2.24) is 0 Å². The minimum Gasteiger partial charge on any atom is -0.391 e. The number of aliphatic hydroxyl groups excluding tert-OH is 1. The van der Waals surface area contributed by atoms with Gasteiger partial charge in [-0.15, -0.1) is 12.4 Å². The largest absolute Gasteiger partial charge is 0.391 e. The number of hydrogen-bond donors (Lipinski definition) is 2. The highest BCUT2D eigenvalue weighted by Crippen LogP contribution is 2.21. The van der Waals surface area contributed by atoms with Crippen molar-refractivity contribution in [1.29, 1.82) is 0 Å². The lowest BCUT2D eigenvalue weighted by atomic mass is 9.96. The van der Waals surface area contributed by atoms with E-state index in [1.165, 1.54) is 0 Å². The normalized spacial score (nSPS) is 14.2. The zero-order chi connectivity index (χ0) is 12.1. The molecule has 2 atom stereocenters. The summed E-state index contributed by atoms with van der Waals surface area (Å²) in [5.41, 5.74) is 7.00. The number of hydrogen-bond acceptors (Lipinski definition) is 2. The molecule has 0 saturated carbocycles. The smallest absolute Gasteiger partial charge is 0.0732 e. The lowest BCUT2D eigenvalue weighted by molar-refractivity contribution is 0.128. The third-order valence-electron chi connectivity index (χ3n) is 2.71. The number of nitrogens with two attached hydrogens (primary N) is 1. The fourth-order valence-electron chi connectivity index (χ4n) is 1.59. The summed E-state index contributed by atoms with van der Waals surface area (Å²) < 4.78 is 1.03. The number of rotatable bonds is 5. The monoisotopic (exact) mass is 321 g/mol. The van der Waals surface area contributed by atoms with Crippen molar-refractivity contribution < 1.29 is 5.11 Å². The van der Waals surface area contributed by atoms with Crippen LogP contribution in [0.4, 0.5) is 0 Å². The van der Waals surface area contributed by atoms with E-state index in [1.54, 1.807) is 0 Å². The molecule has 0 heterocycles. The highest BCUT2D eigenvalue weighted by atomic mass is 79.9. The molecule has 0 bridgehead atoms. The van der Waals surface area contributed by atoms with Crippen LogP contribution in [-0.4, -0.2) is 11.2 Å². The van der Waals surface area contributed by atoms with E-state index in [-0.39, 0.29) is 18.4 Å². The van der Waals surface area contributed by atoms with Gasteiger partial charge in [-0.3, -0.25) is 0 Å². The molecule has 0 radical (unpaired) electrons. The molecule has 0 aromatic heterocycles. The maximum Gasteiger partial charge on any atom is 0.0732 e. The van der Waals surface area contributed by atoms with Gasteiger partial charge in [-0.25, -0.2) is 0 Å². The Kier molecular flexibility index (Phi) is 8.05. The number of halogens is 2. The Balaban J connectivity index is 0.00000256. The Bertz CT molecular complexity index is 316. The molecule has 1 aromatic carbocycles. The second kappa shape index (κ2) is 8.09. The first-order valence-electron chi connectivity index (χ1n) is 5.70. The van der Waals surface area contributed by atoms with E-state index in [0.717, 1.165) is 22.9 Å². The minimum atomic E-state index is -0.455. The van der Waals surface area contributed by atoms with E-state index in [0.29, 0.717) is 5.92 Å². The predicted octanol–water partition coefficient (Wildman–Crippen LogP) is 3.67. The molecule has 4 heteroatoms. The number of aliphatic hydroxyl groups is 1. The Morgan fingerprint density at radius 2 is 1.71 bits per heavy atom. The van der Waals surface area contributed by atoms with E-state index in [1.807, 2.05) is 24.3 Å². The van der Waals surface area contributed by atoms with Crippen molar-refractivity contribution in [2.45, 2.75) is 38.8 Å². The summed E-state index contributed by atoms with van der Waals surface area (Å²) in [6.07, 6.45) is 1.31. The van der Waals surface area contributed by atoms with Gasteiger partial charge in [0.2, 0.25) is 0 Å². The molecular formula is C13H21BrClNO. The quantitative estimate of drug-likeness (QED) is 0.869. The van der Waals surface area contributed by atoms with Crippen molar-refractivity contribution in [3.05, 3.63) is 34.3 Å². The van der Waals surface area contributed by atoms with Crippen molar-refractivity contribution in [2.24, 2.45) is 11.7 Å². The van der Waals surface area contributed by atoms with Crippen LogP contribution in [0.2, 0.25) is 0 Å². The highest BCUT2D eigenvalue weighted by Gasteiger charge is 2.16. The van der Waals surface area contributed by atoms with Gasteiger partial charge in [-0.1, -0.05) is 41.9 Å². The van der Waals surface area contributed by atoms with Crippen molar-refractivity contribution >= 4 is 28.3 Å². The predicted molar refractivity (Wildman–Crippen MR) is 78.4 cm³/mol. The van der Waals surface area contributed by atoms with Crippen LogP contribution in [0.25, 0.3) is 0 Å². The first kappa shape index (κ1) is 16.9. The average molecular weight is 323 g/mol. The minimum absolute atomic E-state index is 0. The van der Waals surface area contributed by atoms with Crippen LogP contribution >= 0.6 is 28.3 Å². The first-order chi connectivity index (χ1) is 7.50. The molecule has 0 unspecified atom stereocenters.